The molecule has 0 spiro atoms. The number of carbonyl (C=O) groups is 2. The summed E-state index contributed by atoms with van der Waals surface area (Å²) in [5, 5.41) is 5.11. The fourth-order valence-corrected chi connectivity index (χ4v) is 5.03. The molecular weight excluding hydrogens is 596 g/mol. The van der Waals surface area contributed by atoms with Crippen molar-refractivity contribution in [3.8, 4) is 5.75 Å². The van der Waals surface area contributed by atoms with Crippen molar-refractivity contribution in [2.24, 2.45) is 0 Å². The Morgan fingerprint density at radius 2 is 1.67 bits per heavy atom. The van der Waals surface area contributed by atoms with E-state index in [-0.39, 0.29) is 25.6 Å². The number of piperazine rings is 2. The van der Waals surface area contributed by atoms with Gasteiger partial charge in [0.05, 0.1) is 17.8 Å². The smallest absolute Gasteiger partial charge is 0.416 e. The van der Waals surface area contributed by atoms with Gasteiger partial charge < -0.3 is 30.1 Å². The number of halogens is 4. The Labute approximate surface area is 257 Å². The molecule has 1 aromatic carbocycles. The van der Waals surface area contributed by atoms with Crippen LogP contribution in [0.3, 0.4) is 0 Å². The minimum atomic E-state index is -4.67. The molecule has 0 radical (unpaired) electrons. The predicted molar refractivity (Wildman–Crippen MR) is 160 cm³/mol. The van der Waals surface area contributed by atoms with Crippen molar-refractivity contribution in [2.45, 2.75) is 12.8 Å². The van der Waals surface area contributed by atoms with Crippen LogP contribution in [-0.2, 0) is 17.6 Å². The van der Waals surface area contributed by atoms with E-state index in [4.69, 9.17) is 4.74 Å². The van der Waals surface area contributed by atoms with Crippen LogP contribution >= 0.6 is 0 Å². The zero-order valence-electron chi connectivity index (χ0n) is 24.7. The summed E-state index contributed by atoms with van der Waals surface area (Å²) in [7, 11) is 2.06. The lowest BCUT2D eigenvalue weighted by Gasteiger charge is -2.35. The number of carbonyl (C=O) groups excluding carboxylic acids is 2. The molecule has 5 rings (SSSR count). The first kappa shape index (κ1) is 31.9. The van der Waals surface area contributed by atoms with Crippen molar-refractivity contribution >= 4 is 29.3 Å². The number of benzene rings is 1. The fourth-order valence-electron chi connectivity index (χ4n) is 5.03. The summed E-state index contributed by atoms with van der Waals surface area (Å²) < 4.78 is 59.3. The Morgan fingerprint density at radius 3 is 2.40 bits per heavy atom. The van der Waals surface area contributed by atoms with Gasteiger partial charge in [0.25, 0.3) is 0 Å². The van der Waals surface area contributed by atoms with Crippen LogP contribution in [0.5, 0.6) is 5.75 Å². The highest BCUT2D eigenvalue weighted by atomic mass is 19.4. The molecule has 45 heavy (non-hydrogen) atoms. The number of pyridine rings is 2. The van der Waals surface area contributed by atoms with Gasteiger partial charge in [-0.05, 0) is 55.1 Å². The molecule has 0 unspecified atom stereocenters. The van der Waals surface area contributed by atoms with Crippen LogP contribution in [0.2, 0.25) is 0 Å². The second kappa shape index (κ2) is 14.1. The van der Waals surface area contributed by atoms with E-state index in [0.29, 0.717) is 55.2 Å². The zero-order valence-corrected chi connectivity index (χ0v) is 24.7. The number of hydrogen-bond donors (Lipinski definition) is 2. The first-order valence-corrected chi connectivity index (χ1v) is 14.5. The molecule has 2 aliphatic rings. The number of nitrogens with zero attached hydrogens (tertiary/aromatic N) is 6. The Balaban J connectivity index is 1.14. The number of aromatic nitrogens is 2. The first-order chi connectivity index (χ1) is 21.5. The summed E-state index contributed by atoms with van der Waals surface area (Å²) in [4.78, 5) is 41.7. The van der Waals surface area contributed by atoms with Gasteiger partial charge in [-0.25, -0.2) is 19.2 Å². The molecule has 2 N–H and O–H groups in total. The predicted octanol–water partition coefficient (Wildman–Crippen LogP) is 3.75. The number of nitrogens with one attached hydrogen (secondary N) is 2. The van der Waals surface area contributed by atoms with Gasteiger partial charge in [0.2, 0.25) is 5.91 Å². The number of ether oxygens (including phenoxy) is 1. The highest BCUT2D eigenvalue weighted by molar-refractivity contribution is 5.91. The standard InChI is InChI=1S/C30H34F4N8O3/c1-39-9-11-40(12-10-39)19-27(43)38-26-17-21(6-8-35-26)20-45-25-3-2-7-36-28(25)41-13-15-42(16-14-41)29(44)37-24-18-22(30(32,33)34)4-5-23(24)31/h2-8,17-18H,9-16,19-20H2,1H3,(H,37,44)(H,35,38,43). The number of urea groups is 1. The van der Waals surface area contributed by atoms with E-state index < -0.39 is 29.3 Å². The van der Waals surface area contributed by atoms with Gasteiger partial charge in [-0.3, -0.25) is 9.69 Å². The minimum absolute atomic E-state index is 0.132. The van der Waals surface area contributed by atoms with Crippen LogP contribution in [0.4, 0.5) is 39.7 Å². The topological polar surface area (TPSA) is 106 Å². The van der Waals surface area contributed by atoms with Crippen LogP contribution in [0.25, 0.3) is 0 Å². The van der Waals surface area contributed by atoms with E-state index in [9.17, 15) is 27.2 Å². The second-order valence-electron chi connectivity index (χ2n) is 10.9. The van der Waals surface area contributed by atoms with Crippen LogP contribution in [-0.4, -0.2) is 103 Å². The number of amides is 3. The van der Waals surface area contributed by atoms with Gasteiger partial charge in [-0.15, -0.1) is 0 Å². The van der Waals surface area contributed by atoms with Crippen molar-refractivity contribution < 1.29 is 31.9 Å². The fraction of sp³-hybridized carbons (Fsp3) is 0.400. The highest BCUT2D eigenvalue weighted by Crippen LogP contribution is 2.32. The van der Waals surface area contributed by atoms with Crippen LogP contribution in [0.1, 0.15) is 11.1 Å². The minimum Gasteiger partial charge on any atom is -0.485 e. The van der Waals surface area contributed by atoms with Gasteiger partial charge >= 0.3 is 12.2 Å². The molecule has 3 amide bonds. The monoisotopic (exact) mass is 630 g/mol. The third-order valence-corrected chi connectivity index (χ3v) is 7.60. The summed E-state index contributed by atoms with van der Waals surface area (Å²) in [6.07, 6.45) is -1.44. The molecule has 0 atom stereocenters. The largest absolute Gasteiger partial charge is 0.485 e. The molecule has 3 aromatic rings. The van der Waals surface area contributed by atoms with Crippen molar-refractivity contribution in [3.05, 3.63) is 71.8 Å². The lowest BCUT2D eigenvalue weighted by atomic mass is 10.2. The molecule has 4 heterocycles. The normalized spacial score (nSPS) is 16.4. The van der Waals surface area contributed by atoms with Gasteiger partial charge in [-0.1, -0.05) is 0 Å². The van der Waals surface area contributed by atoms with Gasteiger partial charge in [0.15, 0.2) is 11.6 Å². The Morgan fingerprint density at radius 1 is 0.911 bits per heavy atom. The number of rotatable bonds is 8. The highest BCUT2D eigenvalue weighted by Gasteiger charge is 2.32. The van der Waals surface area contributed by atoms with Gasteiger partial charge in [0, 0.05) is 64.8 Å². The molecule has 240 valence electrons. The third-order valence-electron chi connectivity index (χ3n) is 7.60. The van der Waals surface area contributed by atoms with Crippen LogP contribution < -0.4 is 20.3 Å². The van der Waals surface area contributed by atoms with E-state index >= 15 is 0 Å². The maximum absolute atomic E-state index is 14.1. The van der Waals surface area contributed by atoms with E-state index in [1.54, 1.807) is 36.7 Å². The third kappa shape index (κ3) is 8.57. The molecule has 2 aromatic heterocycles. The average molecular weight is 631 g/mol. The van der Waals surface area contributed by atoms with Crippen molar-refractivity contribution in [1.82, 2.24) is 24.7 Å². The van der Waals surface area contributed by atoms with Crippen molar-refractivity contribution in [3.63, 3.8) is 0 Å². The van der Waals surface area contributed by atoms with E-state index in [0.717, 1.165) is 31.7 Å². The summed E-state index contributed by atoms with van der Waals surface area (Å²) in [5.74, 6) is 0.420. The van der Waals surface area contributed by atoms with Gasteiger partial charge in [-0.2, -0.15) is 13.2 Å². The summed E-state index contributed by atoms with van der Waals surface area (Å²) in [6, 6.07) is 8.24. The quantitative estimate of drug-likeness (QED) is 0.363. The molecule has 15 heteroatoms. The molecule has 11 nitrogen and oxygen atoms in total. The molecule has 0 saturated carbocycles. The van der Waals surface area contributed by atoms with E-state index in [2.05, 4.69) is 37.4 Å². The summed E-state index contributed by atoms with van der Waals surface area (Å²) in [6.45, 7) is 5.18. The van der Waals surface area contributed by atoms with Crippen LogP contribution in [0, 0.1) is 5.82 Å². The maximum Gasteiger partial charge on any atom is 0.416 e. The molecule has 0 bridgehead atoms. The molecule has 2 fully saturated rings. The summed E-state index contributed by atoms with van der Waals surface area (Å²) in [5.41, 5.74) is -0.801. The number of likely N-dealkylation sites (N-methyl/N-ethyl adjacent to an activating group) is 1. The van der Waals surface area contributed by atoms with Crippen molar-refractivity contribution in [1.29, 1.82) is 0 Å². The summed E-state index contributed by atoms with van der Waals surface area (Å²) >= 11 is 0. The molecular formula is C30H34F4N8O3. The maximum atomic E-state index is 14.1. The SMILES string of the molecule is CN1CCN(CC(=O)Nc2cc(COc3cccnc3N3CCN(C(=O)Nc4cc(C(F)(F)F)ccc4F)CC3)ccn2)CC1. The number of hydrogen-bond acceptors (Lipinski definition) is 8. The first-order valence-electron chi connectivity index (χ1n) is 14.5. The van der Waals surface area contributed by atoms with Crippen LogP contribution in [0.15, 0.2) is 54.9 Å². The lowest BCUT2D eigenvalue weighted by molar-refractivity contribution is -0.137. The van der Waals surface area contributed by atoms with Crippen molar-refractivity contribution in [2.75, 3.05) is 81.5 Å². The number of anilines is 3. The average Bonchev–Trinajstić information content (AvgIpc) is 3.02. The Hall–Kier alpha value is -4.50. The Kier molecular flexibility index (Phi) is 9.98. The zero-order chi connectivity index (χ0) is 32.0. The van der Waals surface area contributed by atoms with E-state index in [1.165, 1.54) is 4.90 Å². The lowest BCUT2D eigenvalue weighted by Crippen LogP contribution is -2.50. The molecule has 2 aliphatic heterocycles. The second-order valence-corrected chi connectivity index (χ2v) is 10.9. The van der Waals surface area contributed by atoms with Gasteiger partial charge in [0.1, 0.15) is 18.2 Å². The van der Waals surface area contributed by atoms with E-state index in [1.807, 2.05) is 4.90 Å². The molecule has 2 saturated heterocycles. The Bertz CT molecular complexity index is 1490. The molecule has 0 aliphatic carbocycles. The number of alkyl halides is 3.